The van der Waals surface area contributed by atoms with Crippen LogP contribution in [0.15, 0.2) is 72.6 Å². The Morgan fingerprint density at radius 2 is 1.60 bits per heavy atom. The number of anilines is 1. The van der Waals surface area contributed by atoms with E-state index in [1.165, 1.54) is 53.7 Å². The van der Waals surface area contributed by atoms with Gasteiger partial charge in [-0.15, -0.1) is 0 Å². The number of rotatable bonds is 3. The number of hydrogen-bond donors (Lipinski definition) is 2. The molecule has 0 saturated carbocycles. The molecule has 1 aromatic heterocycles. The van der Waals surface area contributed by atoms with Crippen molar-refractivity contribution in [3.05, 3.63) is 93.7 Å². The van der Waals surface area contributed by atoms with Gasteiger partial charge >= 0.3 is 0 Å². The third-order valence-corrected chi connectivity index (χ3v) is 5.53. The molecule has 0 radical (unpaired) electrons. The molecule has 1 aliphatic heterocycles. The molecule has 6 nitrogen and oxygen atoms in total. The Hall–Kier alpha value is -3.35. The van der Waals surface area contributed by atoms with E-state index in [2.05, 4.69) is 4.98 Å². The lowest BCUT2D eigenvalue weighted by atomic mass is 9.95. The van der Waals surface area contributed by atoms with Crippen LogP contribution in [0.25, 0.3) is 5.76 Å². The van der Waals surface area contributed by atoms with Crippen molar-refractivity contribution in [2.24, 2.45) is 0 Å². The first kappa shape index (κ1) is 19.9. The van der Waals surface area contributed by atoms with Crippen molar-refractivity contribution >= 4 is 46.3 Å². The lowest BCUT2D eigenvalue weighted by Crippen LogP contribution is -2.29. The molecule has 0 aliphatic carbocycles. The van der Waals surface area contributed by atoms with Crippen LogP contribution in [0.5, 0.6) is 5.75 Å². The van der Waals surface area contributed by atoms with E-state index in [0.29, 0.717) is 21.8 Å². The fourth-order valence-electron chi connectivity index (χ4n) is 3.37. The Morgan fingerprint density at radius 3 is 2.23 bits per heavy atom. The Balaban J connectivity index is 1.95. The summed E-state index contributed by atoms with van der Waals surface area (Å²) in [6.45, 7) is 0. The third-order valence-electron chi connectivity index (χ3n) is 4.79. The number of pyridine rings is 1. The number of aliphatic hydroxyl groups is 1. The van der Waals surface area contributed by atoms with Gasteiger partial charge in [0, 0.05) is 23.6 Å². The predicted molar refractivity (Wildman–Crippen MR) is 114 cm³/mol. The number of halogens is 2. The van der Waals surface area contributed by atoms with E-state index in [-0.39, 0.29) is 22.1 Å². The van der Waals surface area contributed by atoms with Gasteiger partial charge in [0.05, 0.1) is 21.7 Å². The number of aromatic nitrogens is 1. The van der Waals surface area contributed by atoms with Crippen molar-refractivity contribution < 1.29 is 19.8 Å². The van der Waals surface area contributed by atoms with Crippen molar-refractivity contribution in [1.82, 2.24) is 4.98 Å². The fraction of sp³-hybridized carbons (Fsp3) is 0.0455. The van der Waals surface area contributed by atoms with Gasteiger partial charge in [-0.1, -0.05) is 35.3 Å². The lowest BCUT2D eigenvalue weighted by Gasteiger charge is -2.25. The highest BCUT2D eigenvalue weighted by atomic mass is 35.5. The number of aliphatic hydroxyl groups excluding tert-OH is 1. The normalized spacial score (nSPS) is 18.1. The van der Waals surface area contributed by atoms with E-state index in [4.69, 9.17) is 23.2 Å². The van der Waals surface area contributed by atoms with Crippen LogP contribution in [0.4, 0.5) is 5.69 Å². The second kappa shape index (κ2) is 7.82. The maximum atomic E-state index is 13.0. The Bertz CT molecular complexity index is 1180. The van der Waals surface area contributed by atoms with Crippen molar-refractivity contribution in [2.75, 3.05) is 4.90 Å². The van der Waals surface area contributed by atoms with Gasteiger partial charge in [0.1, 0.15) is 11.5 Å². The monoisotopic (exact) mass is 440 g/mol. The minimum atomic E-state index is -0.934. The summed E-state index contributed by atoms with van der Waals surface area (Å²) in [5.41, 5.74) is 1.14. The highest BCUT2D eigenvalue weighted by Crippen LogP contribution is 2.43. The van der Waals surface area contributed by atoms with E-state index in [1.54, 1.807) is 18.2 Å². The average Bonchev–Trinajstić information content (AvgIpc) is 3.01. The van der Waals surface area contributed by atoms with Crippen molar-refractivity contribution in [3.8, 4) is 5.75 Å². The summed E-state index contributed by atoms with van der Waals surface area (Å²) >= 11 is 12.1. The molecule has 4 rings (SSSR count). The minimum Gasteiger partial charge on any atom is -0.508 e. The Morgan fingerprint density at radius 1 is 0.933 bits per heavy atom. The Labute approximate surface area is 181 Å². The molecule has 1 saturated heterocycles. The number of phenolic OH excluding ortho intramolecular Hbond substituents is 1. The maximum Gasteiger partial charge on any atom is 0.300 e. The smallest absolute Gasteiger partial charge is 0.300 e. The molecule has 30 heavy (non-hydrogen) atoms. The van der Waals surface area contributed by atoms with Crippen LogP contribution in [0.2, 0.25) is 10.0 Å². The molecule has 8 heteroatoms. The second-order valence-corrected chi connectivity index (χ2v) is 7.41. The standard InChI is InChI=1S/C22H14Cl2N2O4/c23-16-6-3-14(11-17(16)24)26-19(12-1-4-15(27)5-2-12)18(21(29)22(26)30)20(28)13-7-9-25-10-8-13/h1-11,19,27-28H/b20-18+. The van der Waals surface area contributed by atoms with Crippen LogP contribution >= 0.6 is 23.2 Å². The summed E-state index contributed by atoms with van der Waals surface area (Å²) in [6.07, 6.45) is 2.94. The first-order valence-corrected chi connectivity index (χ1v) is 9.59. The number of phenols is 1. The van der Waals surface area contributed by atoms with Crippen molar-refractivity contribution in [2.45, 2.75) is 6.04 Å². The molecular formula is C22H14Cl2N2O4. The number of amides is 1. The molecule has 2 N–H and O–H groups in total. The summed E-state index contributed by atoms with van der Waals surface area (Å²) in [5.74, 6) is -1.95. The zero-order valence-electron chi connectivity index (χ0n) is 15.3. The van der Waals surface area contributed by atoms with Crippen LogP contribution in [0.3, 0.4) is 0 Å². The van der Waals surface area contributed by atoms with E-state index in [9.17, 15) is 19.8 Å². The van der Waals surface area contributed by atoms with Gasteiger partial charge in [-0.2, -0.15) is 0 Å². The van der Waals surface area contributed by atoms with Gasteiger partial charge in [0.15, 0.2) is 0 Å². The summed E-state index contributed by atoms with van der Waals surface area (Å²) in [7, 11) is 0. The minimum absolute atomic E-state index is 0.0272. The number of ketones is 1. The molecule has 1 unspecified atom stereocenters. The van der Waals surface area contributed by atoms with E-state index in [1.807, 2.05) is 0 Å². The largest absolute Gasteiger partial charge is 0.508 e. The van der Waals surface area contributed by atoms with Crippen LogP contribution in [0, 0.1) is 0 Å². The van der Waals surface area contributed by atoms with Crippen LogP contribution in [-0.4, -0.2) is 26.9 Å². The molecule has 1 amide bonds. The summed E-state index contributed by atoms with van der Waals surface area (Å²) < 4.78 is 0. The van der Waals surface area contributed by atoms with Gasteiger partial charge in [-0.05, 0) is 48.0 Å². The zero-order valence-corrected chi connectivity index (χ0v) is 16.8. The van der Waals surface area contributed by atoms with Crippen molar-refractivity contribution in [1.29, 1.82) is 0 Å². The topological polar surface area (TPSA) is 90.7 Å². The van der Waals surface area contributed by atoms with Gasteiger partial charge in [-0.3, -0.25) is 19.5 Å². The number of carbonyl (C=O) groups is 2. The summed E-state index contributed by atoms with van der Waals surface area (Å²) in [4.78, 5) is 31.1. The Kier molecular flexibility index (Phi) is 5.20. The molecule has 1 fully saturated rings. The zero-order chi connectivity index (χ0) is 21.4. The molecule has 1 atom stereocenters. The number of benzene rings is 2. The summed E-state index contributed by atoms with van der Waals surface area (Å²) in [5, 5.41) is 21.1. The average molecular weight is 441 g/mol. The van der Waals surface area contributed by atoms with Gasteiger partial charge in [0.2, 0.25) is 0 Å². The predicted octanol–water partition coefficient (Wildman–Crippen LogP) is 4.72. The highest BCUT2D eigenvalue weighted by Gasteiger charge is 2.47. The number of hydrogen-bond acceptors (Lipinski definition) is 5. The van der Waals surface area contributed by atoms with E-state index < -0.39 is 17.7 Å². The highest BCUT2D eigenvalue weighted by molar-refractivity contribution is 6.52. The molecule has 3 aromatic rings. The first-order valence-electron chi connectivity index (χ1n) is 8.84. The lowest BCUT2D eigenvalue weighted by molar-refractivity contribution is -0.132. The molecular weight excluding hydrogens is 427 g/mol. The molecule has 0 spiro atoms. The fourth-order valence-corrected chi connectivity index (χ4v) is 3.66. The van der Waals surface area contributed by atoms with Crippen LogP contribution < -0.4 is 4.90 Å². The molecule has 0 bridgehead atoms. The third kappa shape index (κ3) is 3.40. The molecule has 2 heterocycles. The van der Waals surface area contributed by atoms with E-state index >= 15 is 0 Å². The second-order valence-electron chi connectivity index (χ2n) is 6.59. The molecule has 150 valence electrons. The van der Waals surface area contributed by atoms with Gasteiger partial charge in [-0.25, -0.2) is 0 Å². The van der Waals surface area contributed by atoms with Crippen LogP contribution in [-0.2, 0) is 9.59 Å². The number of aromatic hydroxyl groups is 1. The number of carbonyl (C=O) groups excluding carboxylic acids is 2. The molecule has 2 aromatic carbocycles. The first-order chi connectivity index (χ1) is 14.4. The number of Topliss-reactive ketones (excluding diaryl/α,β-unsaturated/α-hetero) is 1. The molecule has 1 aliphatic rings. The quantitative estimate of drug-likeness (QED) is 0.349. The van der Waals surface area contributed by atoms with Crippen LogP contribution in [0.1, 0.15) is 17.2 Å². The number of nitrogens with zero attached hydrogens (tertiary/aromatic N) is 2. The van der Waals surface area contributed by atoms with Gasteiger partial charge < -0.3 is 10.2 Å². The summed E-state index contributed by atoms with van der Waals surface area (Å²) in [6, 6.07) is 12.8. The van der Waals surface area contributed by atoms with E-state index in [0.717, 1.165) is 0 Å². The van der Waals surface area contributed by atoms with Crippen molar-refractivity contribution in [3.63, 3.8) is 0 Å². The SMILES string of the molecule is O=C1C(=O)N(c2ccc(Cl)c(Cl)c2)C(c2ccc(O)cc2)/C1=C(\O)c1ccncc1. The van der Waals surface area contributed by atoms with Gasteiger partial charge in [0.25, 0.3) is 11.7 Å². The maximum absolute atomic E-state index is 13.0.